The van der Waals surface area contributed by atoms with Gasteiger partial charge in [0.2, 0.25) is 0 Å². The normalized spacial score (nSPS) is 11.7. The Kier molecular flexibility index (Phi) is 4.45. The first-order chi connectivity index (χ1) is 9.88. The number of carboxylic acids is 1. The van der Waals surface area contributed by atoms with Crippen LogP contribution in [0.1, 0.15) is 15.9 Å². The van der Waals surface area contributed by atoms with Crippen molar-refractivity contribution in [3.8, 4) is 0 Å². The lowest BCUT2D eigenvalue weighted by atomic mass is 10.1. The molecule has 2 aromatic carbocycles. The van der Waals surface area contributed by atoms with Crippen LogP contribution in [0.15, 0.2) is 58.8 Å². The van der Waals surface area contributed by atoms with E-state index in [0.717, 1.165) is 5.41 Å². The Morgan fingerprint density at radius 2 is 1.57 bits per heavy atom. The predicted octanol–water partition coefficient (Wildman–Crippen LogP) is 3.48. The van der Waals surface area contributed by atoms with Crippen molar-refractivity contribution in [2.45, 2.75) is 4.90 Å². The fourth-order valence-corrected chi connectivity index (χ4v) is 2.74. The highest BCUT2D eigenvalue weighted by Crippen LogP contribution is 2.17. The largest absolute Gasteiger partial charge is 0.478 e. The van der Waals surface area contributed by atoms with Crippen molar-refractivity contribution in [3.63, 3.8) is 0 Å². The summed E-state index contributed by atoms with van der Waals surface area (Å²) in [5, 5.41) is 10.3. The average molecular weight is 323 g/mol. The molecule has 0 aliphatic rings. The molecule has 0 atom stereocenters. The third kappa shape index (κ3) is 3.93. The van der Waals surface area contributed by atoms with E-state index in [1.165, 1.54) is 54.6 Å². The summed E-state index contributed by atoms with van der Waals surface area (Å²) in [5.41, 5.74) is 0.741. The Morgan fingerprint density at radius 3 is 2.10 bits per heavy atom. The maximum atomic E-state index is 12.1. The first kappa shape index (κ1) is 15.3. The van der Waals surface area contributed by atoms with Gasteiger partial charge >= 0.3 is 5.97 Å². The Hall–Kier alpha value is -2.11. The van der Waals surface area contributed by atoms with E-state index in [0.29, 0.717) is 10.6 Å². The minimum absolute atomic E-state index is 0.144. The summed E-state index contributed by atoms with van der Waals surface area (Å²) in [6, 6.07) is 11.8. The third-order valence-corrected chi connectivity index (χ3v) is 4.42. The number of hydrogen-bond acceptors (Lipinski definition) is 3. The van der Waals surface area contributed by atoms with Crippen molar-refractivity contribution in [2.75, 3.05) is 0 Å². The molecule has 1 N–H and O–H groups in total. The second-order valence-corrected chi connectivity index (χ2v) is 6.50. The minimum Gasteiger partial charge on any atom is -0.478 e. The molecule has 0 spiro atoms. The van der Waals surface area contributed by atoms with Crippen molar-refractivity contribution in [3.05, 3.63) is 70.1 Å². The number of benzene rings is 2. The summed E-state index contributed by atoms with van der Waals surface area (Å²) < 4.78 is 24.1. The van der Waals surface area contributed by atoms with Crippen molar-refractivity contribution in [2.24, 2.45) is 0 Å². The number of carboxylic acid groups (broad SMARTS) is 1. The van der Waals surface area contributed by atoms with Gasteiger partial charge in [0.25, 0.3) is 0 Å². The molecule has 6 heteroatoms. The van der Waals surface area contributed by atoms with Crippen LogP contribution in [0.25, 0.3) is 6.08 Å². The van der Waals surface area contributed by atoms with Gasteiger partial charge in [-0.2, -0.15) is 0 Å². The van der Waals surface area contributed by atoms with Gasteiger partial charge in [-0.1, -0.05) is 23.7 Å². The van der Waals surface area contributed by atoms with Crippen LogP contribution in [0.3, 0.4) is 0 Å². The second kappa shape index (κ2) is 6.11. The number of aromatic carboxylic acids is 1. The molecule has 108 valence electrons. The van der Waals surface area contributed by atoms with E-state index in [-0.39, 0.29) is 10.5 Å². The van der Waals surface area contributed by atoms with Crippen LogP contribution in [0, 0.1) is 0 Å². The smallest absolute Gasteiger partial charge is 0.335 e. The lowest BCUT2D eigenvalue weighted by Gasteiger charge is -1.99. The molecule has 2 rings (SSSR count). The van der Waals surface area contributed by atoms with E-state index >= 15 is 0 Å². The van der Waals surface area contributed by atoms with E-state index < -0.39 is 15.8 Å². The molecule has 0 bridgehead atoms. The summed E-state index contributed by atoms with van der Waals surface area (Å²) in [7, 11) is -3.56. The molecule has 0 unspecified atom stereocenters. The van der Waals surface area contributed by atoms with E-state index in [1.807, 2.05) is 0 Å². The molecule has 21 heavy (non-hydrogen) atoms. The summed E-state index contributed by atoms with van der Waals surface area (Å²) >= 11 is 5.71. The average Bonchev–Trinajstić information content (AvgIpc) is 2.46. The molecule has 2 aromatic rings. The fraction of sp³-hybridized carbons (Fsp3) is 0. The topological polar surface area (TPSA) is 71.4 Å². The van der Waals surface area contributed by atoms with Crippen molar-refractivity contribution in [1.82, 2.24) is 0 Å². The first-order valence-corrected chi connectivity index (χ1v) is 7.83. The fourth-order valence-electron chi connectivity index (χ4n) is 1.61. The Balaban J connectivity index is 2.23. The molecule has 0 heterocycles. The monoisotopic (exact) mass is 322 g/mol. The Bertz CT molecular complexity index is 775. The lowest BCUT2D eigenvalue weighted by molar-refractivity contribution is 0.0697. The maximum absolute atomic E-state index is 12.1. The summed E-state index contributed by atoms with van der Waals surface area (Å²) in [6.45, 7) is 0. The number of hydrogen-bond donors (Lipinski definition) is 1. The third-order valence-electron chi connectivity index (χ3n) is 2.74. The van der Waals surface area contributed by atoms with Gasteiger partial charge < -0.3 is 5.11 Å². The highest BCUT2D eigenvalue weighted by molar-refractivity contribution is 7.94. The van der Waals surface area contributed by atoms with E-state index in [4.69, 9.17) is 16.7 Å². The highest BCUT2D eigenvalue weighted by atomic mass is 35.5. The number of rotatable bonds is 4. The van der Waals surface area contributed by atoms with Gasteiger partial charge in [-0.05, 0) is 48.0 Å². The molecule has 0 aliphatic heterocycles. The number of halogens is 1. The van der Waals surface area contributed by atoms with E-state index in [1.54, 1.807) is 0 Å². The van der Waals surface area contributed by atoms with E-state index in [2.05, 4.69) is 0 Å². The molecule has 0 radical (unpaired) electrons. The molecule has 0 aromatic heterocycles. The van der Waals surface area contributed by atoms with Gasteiger partial charge in [-0.15, -0.1) is 0 Å². The molecule has 0 saturated heterocycles. The molecular weight excluding hydrogens is 312 g/mol. The molecule has 0 fully saturated rings. The van der Waals surface area contributed by atoms with Gasteiger partial charge in [-0.25, -0.2) is 13.2 Å². The number of carbonyl (C=O) groups is 1. The molecular formula is C15H11ClO4S. The van der Waals surface area contributed by atoms with Crippen LogP contribution in [-0.2, 0) is 9.84 Å². The quantitative estimate of drug-likeness (QED) is 0.935. The zero-order chi connectivity index (χ0) is 15.5. The zero-order valence-electron chi connectivity index (χ0n) is 10.7. The highest BCUT2D eigenvalue weighted by Gasteiger charge is 2.09. The molecule has 0 amide bonds. The maximum Gasteiger partial charge on any atom is 0.335 e. The van der Waals surface area contributed by atoms with Crippen LogP contribution >= 0.6 is 11.6 Å². The van der Waals surface area contributed by atoms with Gasteiger partial charge in [0.05, 0.1) is 10.5 Å². The van der Waals surface area contributed by atoms with Crippen LogP contribution in [0.5, 0.6) is 0 Å². The molecule has 4 nitrogen and oxygen atoms in total. The number of sulfone groups is 1. The van der Waals surface area contributed by atoms with Crippen LogP contribution in [-0.4, -0.2) is 19.5 Å². The summed E-state index contributed by atoms with van der Waals surface area (Å²) in [6.07, 6.45) is 1.41. The molecule has 0 saturated carbocycles. The van der Waals surface area contributed by atoms with Crippen LogP contribution in [0.2, 0.25) is 5.02 Å². The Morgan fingerprint density at radius 1 is 1.00 bits per heavy atom. The molecule has 0 aliphatic carbocycles. The van der Waals surface area contributed by atoms with Gasteiger partial charge in [-0.3, -0.25) is 0 Å². The summed E-state index contributed by atoms with van der Waals surface area (Å²) in [5.74, 6) is -1.03. The van der Waals surface area contributed by atoms with Gasteiger partial charge in [0.15, 0.2) is 9.84 Å². The lowest BCUT2D eigenvalue weighted by Crippen LogP contribution is -1.96. The second-order valence-electron chi connectivity index (χ2n) is 4.23. The summed E-state index contributed by atoms with van der Waals surface area (Å²) in [4.78, 5) is 10.9. The minimum atomic E-state index is -3.56. The standard InChI is InChI=1S/C15H11ClO4S/c16-13-5-7-14(8-6-13)21(19,20)10-9-11-1-3-12(4-2-11)15(17)18/h1-10H,(H,17,18)/b10-9+. The van der Waals surface area contributed by atoms with Crippen LogP contribution in [0.4, 0.5) is 0 Å². The van der Waals surface area contributed by atoms with Gasteiger partial charge in [0, 0.05) is 10.4 Å². The Labute approximate surface area is 127 Å². The predicted molar refractivity (Wildman–Crippen MR) is 81.1 cm³/mol. The SMILES string of the molecule is O=C(O)c1ccc(/C=C/S(=O)(=O)c2ccc(Cl)cc2)cc1. The van der Waals surface area contributed by atoms with Crippen molar-refractivity contribution < 1.29 is 18.3 Å². The first-order valence-electron chi connectivity index (χ1n) is 5.90. The zero-order valence-corrected chi connectivity index (χ0v) is 12.3. The van der Waals surface area contributed by atoms with Crippen LogP contribution < -0.4 is 0 Å². The van der Waals surface area contributed by atoms with Gasteiger partial charge in [0.1, 0.15) is 0 Å². The van der Waals surface area contributed by atoms with E-state index in [9.17, 15) is 13.2 Å². The van der Waals surface area contributed by atoms with Crippen molar-refractivity contribution >= 4 is 33.5 Å². The van der Waals surface area contributed by atoms with Crippen molar-refractivity contribution in [1.29, 1.82) is 0 Å².